The molecule has 0 aliphatic heterocycles. The molecule has 3 nitrogen and oxygen atoms in total. The summed E-state index contributed by atoms with van der Waals surface area (Å²) in [6.45, 7) is 0.852. The normalized spacial score (nSPS) is 11.6. The van der Waals surface area contributed by atoms with Gasteiger partial charge in [-0.05, 0) is 24.1 Å². The standard InChI is InChI=1S/C11H15F3N2O/c1-2-5-16(8-11(12,13)14)10-6-9(7-17)3-4-15-10/h3-4,6,17H,2,5,7-8H2,1H3. The molecule has 6 heteroatoms. The number of aliphatic hydroxyl groups is 1. The maximum absolute atomic E-state index is 12.4. The van der Waals surface area contributed by atoms with E-state index in [9.17, 15) is 13.2 Å². The molecule has 96 valence electrons. The Labute approximate surface area is 97.9 Å². The van der Waals surface area contributed by atoms with E-state index < -0.39 is 12.7 Å². The van der Waals surface area contributed by atoms with Crippen LogP contribution in [0.5, 0.6) is 0 Å². The molecule has 1 aromatic rings. The molecule has 0 radical (unpaired) electrons. The second-order valence-corrected chi connectivity index (χ2v) is 3.72. The van der Waals surface area contributed by atoms with Crippen LogP contribution in [0.2, 0.25) is 0 Å². The van der Waals surface area contributed by atoms with Crippen LogP contribution in [0.4, 0.5) is 19.0 Å². The Morgan fingerprint density at radius 3 is 2.65 bits per heavy atom. The van der Waals surface area contributed by atoms with E-state index >= 15 is 0 Å². The quantitative estimate of drug-likeness (QED) is 0.869. The van der Waals surface area contributed by atoms with Gasteiger partial charge in [0.1, 0.15) is 12.4 Å². The zero-order chi connectivity index (χ0) is 12.9. The van der Waals surface area contributed by atoms with Gasteiger partial charge in [0.05, 0.1) is 6.61 Å². The summed E-state index contributed by atoms with van der Waals surface area (Å²) in [7, 11) is 0. The lowest BCUT2D eigenvalue weighted by Gasteiger charge is -2.24. The number of aliphatic hydroxyl groups excluding tert-OH is 1. The van der Waals surface area contributed by atoms with Crippen molar-refractivity contribution >= 4 is 5.82 Å². The van der Waals surface area contributed by atoms with Crippen molar-refractivity contribution in [3.05, 3.63) is 23.9 Å². The highest BCUT2D eigenvalue weighted by molar-refractivity contribution is 5.41. The molecule has 0 spiro atoms. The molecular weight excluding hydrogens is 233 g/mol. The van der Waals surface area contributed by atoms with Crippen LogP contribution in [-0.2, 0) is 6.61 Å². The molecule has 0 aliphatic rings. The summed E-state index contributed by atoms with van der Waals surface area (Å²) in [6.07, 6.45) is -2.26. The average Bonchev–Trinajstić information content (AvgIpc) is 2.27. The van der Waals surface area contributed by atoms with E-state index in [0.29, 0.717) is 12.0 Å². The Balaban J connectivity index is 2.88. The van der Waals surface area contributed by atoms with Gasteiger partial charge in [0.2, 0.25) is 0 Å². The van der Waals surface area contributed by atoms with Crippen LogP contribution < -0.4 is 4.90 Å². The molecule has 0 saturated carbocycles. The summed E-state index contributed by atoms with van der Waals surface area (Å²) >= 11 is 0. The number of nitrogens with zero attached hydrogens (tertiary/aromatic N) is 2. The largest absolute Gasteiger partial charge is 0.405 e. The van der Waals surface area contributed by atoms with Crippen molar-refractivity contribution < 1.29 is 18.3 Å². The lowest BCUT2D eigenvalue weighted by Crippen LogP contribution is -2.35. The van der Waals surface area contributed by atoms with Crippen molar-refractivity contribution in [3.63, 3.8) is 0 Å². The summed E-state index contributed by atoms with van der Waals surface area (Å²) < 4.78 is 37.1. The van der Waals surface area contributed by atoms with E-state index in [-0.39, 0.29) is 19.0 Å². The van der Waals surface area contributed by atoms with Gasteiger partial charge in [-0.25, -0.2) is 4.98 Å². The van der Waals surface area contributed by atoms with Gasteiger partial charge < -0.3 is 10.0 Å². The van der Waals surface area contributed by atoms with Crippen LogP contribution in [0.15, 0.2) is 18.3 Å². The molecule has 0 fully saturated rings. The number of pyridine rings is 1. The van der Waals surface area contributed by atoms with Crippen LogP contribution in [0.25, 0.3) is 0 Å². The average molecular weight is 248 g/mol. The topological polar surface area (TPSA) is 36.4 Å². The Bertz CT molecular complexity index is 355. The van der Waals surface area contributed by atoms with Gasteiger partial charge in [-0.15, -0.1) is 0 Å². The molecule has 1 N–H and O–H groups in total. The summed E-state index contributed by atoms with van der Waals surface area (Å²) in [5, 5.41) is 8.94. The first kappa shape index (κ1) is 13.8. The number of hydrogen-bond donors (Lipinski definition) is 1. The second-order valence-electron chi connectivity index (χ2n) is 3.72. The highest BCUT2D eigenvalue weighted by atomic mass is 19.4. The van der Waals surface area contributed by atoms with E-state index in [4.69, 9.17) is 5.11 Å². The maximum atomic E-state index is 12.4. The predicted molar refractivity (Wildman–Crippen MR) is 58.7 cm³/mol. The van der Waals surface area contributed by atoms with E-state index in [1.807, 2.05) is 0 Å². The van der Waals surface area contributed by atoms with Crippen molar-refractivity contribution in [1.29, 1.82) is 0 Å². The SMILES string of the molecule is CCCN(CC(F)(F)F)c1cc(CO)ccn1. The minimum atomic E-state index is -4.26. The number of halogens is 3. The van der Waals surface area contributed by atoms with Crippen molar-refractivity contribution in [3.8, 4) is 0 Å². The number of anilines is 1. The Hall–Kier alpha value is -1.30. The van der Waals surface area contributed by atoms with Gasteiger partial charge in [-0.2, -0.15) is 13.2 Å². The zero-order valence-electron chi connectivity index (χ0n) is 9.54. The molecule has 0 aliphatic carbocycles. The lowest BCUT2D eigenvalue weighted by atomic mass is 10.2. The molecule has 0 aromatic carbocycles. The lowest BCUT2D eigenvalue weighted by molar-refractivity contribution is -0.119. The number of hydrogen-bond acceptors (Lipinski definition) is 3. The van der Waals surface area contributed by atoms with Crippen LogP contribution >= 0.6 is 0 Å². The van der Waals surface area contributed by atoms with E-state index in [0.717, 1.165) is 0 Å². The van der Waals surface area contributed by atoms with Crippen molar-refractivity contribution in [1.82, 2.24) is 4.98 Å². The first-order chi connectivity index (χ1) is 7.96. The molecule has 0 saturated heterocycles. The number of rotatable bonds is 5. The van der Waals surface area contributed by atoms with Crippen LogP contribution in [0.1, 0.15) is 18.9 Å². The first-order valence-corrected chi connectivity index (χ1v) is 5.33. The fourth-order valence-electron chi connectivity index (χ4n) is 1.49. The van der Waals surface area contributed by atoms with E-state index in [1.165, 1.54) is 17.2 Å². The van der Waals surface area contributed by atoms with Crippen molar-refractivity contribution in [2.24, 2.45) is 0 Å². The summed E-state index contributed by atoms with van der Waals surface area (Å²) in [4.78, 5) is 5.07. The zero-order valence-corrected chi connectivity index (χ0v) is 9.54. The van der Waals surface area contributed by atoms with Gasteiger partial charge >= 0.3 is 6.18 Å². The van der Waals surface area contributed by atoms with Gasteiger partial charge in [0.15, 0.2) is 0 Å². The molecule has 0 atom stereocenters. The minimum Gasteiger partial charge on any atom is -0.392 e. The van der Waals surface area contributed by atoms with Crippen molar-refractivity contribution in [2.45, 2.75) is 26.1 Å². The Kier molecular flexibility index (Phi) is 4.74. The first-order valence-electron chi connectivity index (χ1n) is 5.33. The summed E-state index contributed by atoms with van der Waals surface area (Å²) in [6, 6.07) is 3.04. The predicted octanol–water partition coefficient (Wildman–Crippen LogP) is 2.35. The Morgan fingerprint density at radius 2 is 2.12 bits per heavy atom. The van der Waals surface area contributed by atoms with E-state index in [1.54, 1.807) is 13.0 Å². The third kappa shape index (κ3) is 4.60. The van der Waals surface area contributed by atoms with Gasteiger partial charge in [0.25, 0.3) is 0 Å². The van der Waals surface area contributed by atoms with Gasteiger partial charge in [-0.1, -0.05) is 6.92 Å². The third-order valence-corrected chi connectivity index (χ3v) is 2.18. The van der Waals surface area contributed by atoms with Gasteiger partial charge in [0, 0.05) is 12.7 Å². The summed E-state index contributed by atoms with van der Waals surface area (Å²) in [5.74, 6) is 0.246. The highest BCUT2D eigenvalue weighted by Gasteiger charge is 2.31. The van der Waals surface area contributed by atoms with Crippen LogP contribution in [0.3, 0.4) is 0 Å². The monoisotopic (exact) mass is 248 g/mol. The highest BCUT2D eigenvalue weighted by Crippen LogP contribution is 2.21. The van der Waals surface area contributed by atoms with Gasteiger partial charge in [-0.3, -0.25) is 0 Å². The smallest absolute Gasteiger partial charge is 0.392 e. The van der Waals surface area contributed by atoms with Crippen LogP contribution in [0, 0.1) is 0 Å². The van der Waals surface area contributed by atoms with Crippen molar-refractivity contribution in [2.75, 3.05) is 18.0 Å². The molecule has 0 bridgehead atoms. The third-order valence-electron chi connectivity index (χ3n) is 2.18. The van der Waals surface area contributed by atoms with Crippen LogP contribution in [-0.4, -0.2) is 29.4 Å². The maximum Gasteiger partial charge on any atom is 0.405 e. The Morgan fingerprint density at radius 1 is 1.41 bits per heavy atom. The number of alkyl halides is 3. The molecule has 1 heterocycles. The molecule has 17 heavy (non-hydrogen) atoms. The molecular formula is C11H15F3N2O. The fourth-order valence-corrected chi connectivity index (χ4v) is 1.49. The molecule has 1 aromatic heterocycles. The fraction of sp³-hybridized carbons (Fsp3) is 0.545. The molecule has 0 unspecified atom stereocenters. The second kappa shape index (κ2) is 5.86. The molecule has 0 amide bonds. The number of aromatic nitrogens is 1. The minimum absolute atomic E-state index is 0.207. The summed E-state index contributed by atoms with van der Waals surface area (Å²) in [5.41, 5.74) is 0.554. The molecule has 1 rings (SSSR count). The van der Waals surface area contributed by atoms with E-state index in [2.05, 4.69) is 4.98 Å².